The predicted molar refractivity (Wildman–Crippen MR) is 79.3 cm³/mol. The molecule has 0 fully saturated rings. The summed E-state index contributed by atoms with van der Waals surface area (Å²) < 4.78 is 1.14. The second-order valence-corrected chi connectivity index (χ2v) is 5.28. The molecule has 0 aliphatic carbocycles. The average Bonchev–Trinajstić information content (AvgIpc) is 2.85. The molecule has 4 nitrogen and oxygen atoms in total. The molecule has 0 unspecified atom stereocenters. The van der Waals surface area contributed by atoms with Crippen LogP contribution < -0.4 is 5.32 Å². The number of nitrogens with one attached hydrogen (secondary N) is 1. The standard InChI is InChI=1S/C13H11ClN4S/c1-2-12-17-11(14)6-13(18-12)16-8-3-4-9-10(5-8)19-7-15-9/h3-7H,2H2,1H3,(H,16,17,18). The Bertz CT molecular complexity index is 725. The van der Waals surface area contributed by atoms with Crippen LogP contribution in [-0.2, 0) is 6.42 Å². The fourth-order valence-corrected chi connectivity index (χ4v) is 2.68. The van der Waals surface area contributed by atoms with E-state index in [4.69, 9.17) is 11.6 Å². The first-order chi connectivity index (χ1) is 9.24. The van der Waals surface area contributed by atoms with Gasteiger partial charge < -0.3 is 5.32 Å². The van der Waals surface area contributed by atoms with Crippen molar-refractivity contribution in [3.8, 4) is 0 Å². The van der Waals surface area contributed by atoms with Gasteiger partial charge in [0, 0.05) is 18.2 Å². The molecule has 0 bridgehead atoms. The highest BCUT2D eigenvalue weighted by atomic mass is 35.5. The Kier molecular flexibility index (Phi) is 3.31. The predicted octanol–water partition coefficient (Wildman–Crippen LogP) is 4.05. The van der Waals surface area contributed by atoms with Crippen molar-refractivity contribution in [3.63, 3.8) is 0 Å². The molecule has 0 saturated carbocycles. The van der Waals surface area contributed by atoms with Gasteiger partial charge in [0.15, 0.2) is 0 Å². The number of thiazole rings is 1. The second kappa shape index (κ2) is 5.11. The van der Waals surface area contributed by atoms with E-state index >= 15 is 0 Å². The maximum Gasteiger partial charge on any atom is 0.135 e. The Morgan fingerprint density at radius 3 is 3.00 bits per heavy atom. The van der Waals surface area contributed by atoms with Crippen LogP contribution in [0.3, 0.4) is 0 Å². The first-order valence-corrected chi connectivity index (χ1v) is 7.14. The van der Waals surface area contributed by atoms with Crippen LogP contribution in [-0.4, -0.2) is 15.0 Å². The summed E-state index contributed by atoms with van der Waals surface area (Å²) in [5, 5.41) is 3.70. The van der Waals surface area contributed by atoms with Crippen molar-refractivity contribution in [1.29, 1.82) is 0 Å². The van der Waals surface area contributed by atoms with E-state index in [1.54, 1.807) is 17.4 Å². The monoisotopic (exact) mass is 290 g/mol. The second-order valence-electron chi connectivity index (χ2n) is 4.01. The zero-order valence-corrected chi connectivity index (χ0v) is 11.8. The topological polar surface area (TPSA) is 50.7 Å². The van der Waals surface area contributed by atoms with Crippen LogP contribution in [0.15, 0.2) is 29.8 Å². The first kappa shape index (κ1) is 12.3. The van der Waals surface area contributed by atoms with Crippen molar-refractivity contribution < 1.29 is 0 Å². The molecule has 1 N–H and O–H groups in total. The molecule has 2 aromatic heterocycles. The van der Waals surface area contributed by atoms with Gasteiger partial charge in [0.2, 0.25) is 0 Å². The van der Waals surface area contributed by atoms with E-state index < -0.39 is 0 Å². The van der Waals surface area contributed by atoms with Crippen LogP contribution in [0, 0.1) is 0 Å². The van der Waals surface area contributed by atoms with Crippen LogP contribution in [0.1, 0.15) is 12.7 Å². The van der Waals surface area contributed by atoms with Crippen molar-refractivity contribution in [2.24, 2.45) is 0 Å². The Morgan fingerprint density at radius 1 is 1.26 bits per heavy atom. The molecule has 6 heteroatoms. The third-order valence-electron chi connectivity index (χ3n) is 2.66. The number of anilines is 2. The summed E-state index contributed by atoms with van der Waals surface area (Å²) in [6.45, 7) is 2.00. The fourth-order valence-electron chi connectivity index (χ4n) is 1.77. The Morgan fingerprint density at radius 2 is 2.16 bits per heavy atom. The highest BCUT2D eigenvalue weighted by Gasteiger charge is 2.04. The quantitative estimate of drug-likeness (QED) is 0.740. The van der Waals surface area contributed by atoms with E-state index in [1.165, 1.54) is 0 Å². The molecular formula is C13H11ClN4S. The van der Waals surface area contributed by atoms with E-state index in [1.807, 2.05) is 24.6 Å². The molecule has 2 heterocycles. The van der Waals surface area contributed by atoms with Crippen molar-refractivity contribution >= 4 is 44.7 Å². The number of nitrogens with zero attached hydrogens (tertiary/aromatic N) is 3. The third-order valence-corrected chi connectivity index (χ3v) is 3.65. The van der Waals surface area contributed by atoms with Crippen molar-refractivity contribution in [3.05, 3.63) is 40.8 Å². The molecule has 0 radical (unpaired) electrons. The van der Waals surface area contributed by atoms with Crippen LogP contribution >= 0.6 is 22.9 Å². The van der Waals surface area contributed by atoms with E-state index in [2.05, 4.69) is 26.3 Å². The minimum atomic E-state index is 0.452. The average molecular weight is 291 g/mol. The zero-order valence-electron chi connectivity index (χ0n) is 10.2. The van der Waals surface area contributed by atoms with Crippen molar-refractivity contribution in [2.75, 3.05) is 5.32 Å². The van der Waals surface area contributed by atoms with Gasteiger partial charge in [-0.05, 0) is 18.2 Å². The molecule has 0 aliphatic heterocycles. The summed E-state index contributed by atoms with van der Waals surface area (Å²) in [6, 6.07) is 7.73. The largest absolute Gasteiger partial charge is 0.340 e. The van der Waals surface area contributed by atoms with Gasteiger partial charge in [-0.3, -0.25) is 0 Å². The number of fused-ring (bicyclic) bond motifs is 1. The van der Waals surface area contributed by atoms with E-state index in [0.717, 1.165) is 28.1 Å². The summed E-state index contributed by atoms with van der Waals surface area (Å²) in [5.74, 6) is 1.44. The highest BCUT2D eigenvalue weighted by Crippen LogP contribution is 2.24. The SMILES string of the molecule is CCc1nc(Cl)cc(Nc2ccc3ncsc3c2)n1. The van der Waals surface area contributed by atoms with Gasteiger partial charge in [0.1, 0.15) is 16.8 Å². The number of aromatic nitrogens is 3. The van der Waals surface area contributed by atoms with Crippen LogP contribution in [0.25, 0.3) is 10.2 Å². The number of hydrogen-bond donors (Lipinski definition) is 1. The van der Waals surface area contributed by atoms with Crippen molar-refractivity contribution in [2.45, 2.75) is 13.3 Å². The normalized spacial score (nSPS) is 10.8. The summed E-state index contributed by atoms with van der Waals surface area (Å²) in [6.07, 6.45) is 0.753. The minimum absolute atomic E-state index is 0.452. The van der Waals surface area contributed by atoms with Gasteiger partial charge in [-0.25, -0.2) is 15.0 Å². The molecule has 0 amide bonds. The Hall–Kier alpha value is -1.72. The van der Waals surface area contributed by atoms with Gasteiger partial charge >= 0.3 is 0 Å². The smallest absolute Gasteiger partial charge is 0.135 e. The van der Waals surface area contributed by atoms with Crippen molar-refractivity contribution in [1.82, 2.24) is 15.0 Å². The van der Waals surface area contributed by atoms with Gasteiger partial charge in [-0.2, -0.15) is 0 Å². The molecule has 0 atom stereocenters. The number of halogens is 1. The maximum atomic E-state index is 5.97. The first-order valence-electron chi connectivity index (χ1n) is 5.88. The number of benzene rings is 1. The fraction of sp³-hybridized carbons (Fsp3) is 0.154. The number of hydrogen-bond acceptors (Lipinski definition) is 5. The third kappa shape index (κ3) is 2.67. The van der Waals surface area contributed by atoms with Crippen LogP contribution in [0.2, 0.25) is 5.15 Å². The summed E-state index contributed by atoms with van der Waals surface area (Å²) in [5.41, 5.74) is 3.81. The van der Waals surface area contributed by atoms with Gasteiger partial charge in [0.25, 0.3) is 0 Å². The van der Waals surface area contributed by atoms with E-state index in [9.17, 15) is 0 Å². The molecule has 3 rings (SSSR count). The molecule has 3 aromatic rings. The summed E-state index contributed by atoms with van der Waals surface area (Å²) >= 11 is 7.59. The van der Waals surface area contributed by atoms with Gasteiger partial charge in [-0.15, -0.1) is 11.3 Å². The van der Waals surface area contributed by atoms with Crippen LogP contribution in [0.4, 0.5) is 11.5 Å². The van der Waals surface area contributed by atoms with E-state index in [-0.39, 0.29) is 0 Å². The molecule has 0 saturated heterocycles. The molecule has 96 valence electrons. The lowest BCUT2D eigenvalue weighted by molar-refractivity contribution is 0.943. The summed E-state index contributed by atoms with van der Waals surface area (Å²) in [4.78, 5) is 12.8. The molecule has 0 spiro atoms. The lowest BCUT2D eigenvalue weighted by Crippen LogP contribution is -1.99. The van der Waals surface area contributed by atoms with Crippen LogP contribution in [0.5, 0.6) is 0 Å². The molecular weight excluding hydrogens is 280 g/mol. The minimum Gasteiger partial charge on any atom is -0.340 e. The summed E-state index contributed by atoms with van der Waals surface area (Å²) in [7, 11) is 0. The van der Waals surface area contributed by atoms with Gasteiger partial charge in [0.05, 0.1) is 15.7 Å². The molecule has 1 aromatic carbocycles. The van der Waals surface area contributed by atoms with Gasteiger partial charge in [-0.1, -0.05) is 18.5 Å². The Balaban J connectivity index is 1.93. The zero-order chi connectivity index (χ0) is 13.2. The lowest BCUT2D eigenvalue weighted by atomic mass is 10.3. The highest BCUT2D eigenvalue weighted by molar-refractivity contribution is 7.16. The Labute approximate surface area is 119 Å². The number of rotatable bonds is 3. The maximum absolute atomic E-state index is 5.97. The lowest BCUT2D eigenvalue weighted by Gasteiger charge is -2.07. The van der Waals surface area contributed by atoms with E-state index in [0.29, 0.717) is 11.0 Å². The molecule has 0 aliphatic rings. The molecule has 19 heavy (non-hydrogen) atoms. The number of aryl methyl sites for hydroxylation is 1.